The van der Waals surface area contributed by atoms with Crippen molar-refractivity contribution in [3.05, 3.63) is 45.8 Å². The number of benzene rings is 1. The van der Waals surface area contributed by atoms with Crippen LogP contribution in [0.5, 0.6) is 5.75 Å². The lowest BCUT2D eigenvalue weighted by atomic mass is 10.2. The highest BCUT2D eigenvalue weighted by Crippen LogP contribution is 2.25. The molecule has 8 heteroatoms. The maximum absolute atomic E-state index is 11.0. The number of nitro groups is 1. The molecule has 0 aliphatic carbocycles. The van der Waals surface area contributed by atoms with Crippen LogP contribution in [0.15, 0.2) is 24.4 Å². The van der Waals surface area contributed by atoms with Gasteiger partial charge in [-0.25, -0.2) is 9.48 Å². The molecule has 0 fully saturated rings. The molecule has 0 aliphatic rings. The Kier molecular flexibility index (Phi) is 3.88. The highest BCUT2D eigenvalue weighted by Gasteiger charge is 2.16. The summed E-state index contributed by atoms with van der Waals surface area (Å²) in [7, 11) is 0. The van der Waals surface area contributed by atoms with Gasteiger partial charge in [0.15, 0.2) is 0 Å². The van der Waals surface area contributed by atoms with Crippen LogP contribution in [0.25, 0.3) is 5.69 Å². The van der Waals surface area contributed by atoms with E-state index in [9.17, 15) is 14.9 Å². The van der Waals surface area contributed by atoms with Crippen LogP contribution in [-0.2, 0) is 0 Å². The van der Waals surface area contributed by atoms with E-state index in [0.717, 1.165) is 0 Å². The predicted octanol–water partition coefficient (Wildman–Crippen LogP) is 2.19. The summed E-state index contributed by atoms with van der Waals surface area (Å²) in [6, 6.07) is 4.18. The topological polar surface area (TPSA) is 107 Å². The van der Waals surface area contributed by atoms with Gasteiger partial charge in [-0.15, -0.1) is 0 Å². The Morgan fingerprint density at radius 2 is 2.19 bits per heavy atom. The number of carbonyl (C=O) groups is 1. The number of carboxylic acid groups (broad SMARTS) is 1. The van der Waals surface area contributed by atoms with Crippen LogP contribution in [-0.4, -0.2) is 32.4 Å². The second-order valence-corrected chi connectivity index (χ2v) is 4.25. The zero-order chi connectivity index (χ0) is 15.6. The fourth-order valence-corrected chi connectivity index (χ4v) is 1.86. The van der Waals surface area contributed by atoms with Gasteiger partial charge in [0.25, 0.3) is 5.69 Å². The number of aromatic carboxylic acids is 1. The number of ether oxygens (including phenoxy) is 1. The number of aryl methyl sites for hydroxylation is 1. The number of nitro benzene ring substituents is 1. The number of hydrogen-bond donors (Lipinski definition) is 1. The van der Waals surface area contributed by atoms with E-state index in [1.807, 2.05) is 0 Å². The molecule has 0 amide bonds. The number of non-ortho nitro benzene ring substituents is 1. The molecule has 0 atom stereocenters. The maximum atomic E-state index is 11.0. The van der Waals surface area contributed by atoms with Crippen molar-refractivity contribution in [3.63, 3.8) is 0 Å². The van der Waals surface area contributed by atoms with E-state index in [0.29, 0.717) is 23.7 Å². The van der Waals surface area contributed by atoms with Crippen molar-refractivity contribution in [3.8, 4) is 11.4 Å². The third-order valence-corrected chi connectivity index (χ3v) is 2.79. The summed E-state index contributed by atoms with van der Waals surface area (Å²) in [5.74, 6) is -0.777. The summed E-state index contributed by atoms with van der Waals surface area (Å²) in [6.45, 7) is 3.68. The number of nitrogens with zero attached hydrogens (tertiary/aromatic N) is 3. The third kappa shape index (κ3) is 2.99. The molecular weight excluding hydrogens is 278 g/mol. The molecule has 0 saturated carbocycles. The van der Waals surface area contributed by atoms with Crippen molar-refractivity contribution in [2.24, 2.45) is 0 Å². The van der Waals surface area contributed by atoms with E-state index < -0.39 is 10.9 Å². The van der Waals surface area contributed by atoms with Gasteiger partial charge in [-0.1, -0.05) is 0 Å². The van der Waals surface area contributed by atoms with Crippen LogP contribution in [0.4, 0.5) is 5.69 Å². The van der Waals surface area contributed by atoms with Gasteiger partial charge in [0.2, 0.25) is 0 Å². The zero-order valence-electron chi connectivity index (χ0n) is 11.4. The van der Waals surface area contributed by atoms with Crippen LogP contribution < -0.4 is 4.74 Å². The van der Waals surface area contributed by atoms with Crippen molar-refractivity contribution >= 4 is 11.7 Å². The first-order valence-corrected chi connectivity index (χ1v) is 6.14. The fourth-order valence-electron chi connectivity index (χ4n) is 1.86. The van der Waals surface area contributed by atoms with Gasteiger partial charge in [0.05, 0.1) is 29.0 Å². The maximum Gasteiger partial charge on any atom is 0.339 e. The normalized spacial score (nSPS) is 10.4. The van der Waals surface area contributed by atoms with Crippen LogP contribution in [0, 0.1) is 17.0 Å². The summed E-state index contributed by atoms with van der Waals surface area (Å²) < 4.78 is 6.57. The molecule has 21 heavy (non-hydrogen) atoms. The van der Waals surface area contributed by atoms with Crippen LogP contribution in [0.2, 0.25) is 0 Å². The highest BCUT2D eigenvalue weighted by atomic mass is 16.6. The molecule has 1 aromatic heterocycles. The van der Waals surface area contributed by atoms with Crippen molar-refractivity contribution in [2.45, 2.75) is 13.8 Å². The molecule has 0 radical (unpaired) electrons. The first-order valence-electron chi connectivity index (χ1n) is 6.14. The molecule has 1 N–H and O–H groups in total. The molecule has 0 spiro atoms. The average Bonchev–Trinajstić information content (AvgIpc) is 2.81. The summed E-state index contributed by atoms with van der Waals surface area (Å²) in [5.41, 5.74) is 0.579. The van der Waals surface area contributed by atoms with Gasteiger partial charge >= 0.3 is 5.97 Å². The second kappa shape index (κ2) is 5.61. The lowest BCUT2D eigenvalue weighted by molar-refractivity contribution is -0.384. The van der Waals surface area contributed by atoms with Crippen molar-refractivity contribution < 1.29 is 19.6 Å². The van der Waals surface area contributed by atoms with Crippen LogP contribution in [0.1, 0.15) is 23.0 Å². The van der Waals surface area contributed by atoms with Gasteiger partial charge in [0.1, 0.15) is 11.3 Å². The predicted molar refractivity (Wildman–Crippen MR) is 73.1 cm³/mol. The standard InChI is InChI=1S/C13H13N3O5/c1-3-21-11-5-9(4-10(6-11)16(19)20)15-7-12(13(17)18)8(2)14-15/h4-7H,3H2,1-2H3,(H,17,18). The van der Waals surface area contributed by atoms with E-state index >= 15 is 0 Å². The molecule has 0 bridgehead atoms. The lowest BCUT2D eigenvalue weighted by Gasteiger charge is -2.06. The third-order valence-electron chi connectivity index (χ3n) is 2.79. The van der Waals surface area contributed by atoms with Gasteiger partial charge < -0.3 is 9.84 Å². The molecule has 8 nitrogen and oxygen atoms in total. The molecular formula is C13H13N3O5. The number of aromatic nitrogens is 2. The molecule has 1 heterocycles. The molecule has 0 aliphatic heterocycles. The number of hydrogen-bond acceptors (Lipinski definition) is 5. The van der Waals surface area contributed by atoms with Crippen molar-refractivity contribution in [1.29, 1.82) is 0 Å². The number of rotatable bonds is 5. The first-order chi connectivity index (χ1) is 9.92. The summed E-state index contributed by atoms with van der Waals surface area (Å²) in [6.07, 6.45) is 1.31. The zero-order valence-corrected chi connectivity index (χ0v) is 11.4. The highest BCUT2D eigenvalue weighted by molar-refractivity contribution is 5.88. The van der Waals surface area contributed by atoms with E-state index in [1.165, 1.54) is 23.0 Å². The van der Waals surface area contributed by atoms with Gasteiger partial charge in [-0.05, 0) is 13.8 Å². The molecule has 2 rings (SSSR count). The molecule has 2 aromatic rings. The Bertz CT molecular complexity index is 708. The Morgan fingerprint density at radius 3 is 2.71 bits per heavy atom. The largest absolute Gasteiger partial charge is 0.494 e. The Labute approximate surface area is 119 Å². The van der Waals surface area contributed by atoms with E-state index in [1.54, 1.807) is 19.9 Å². The SMILES string of the molecule is CCOc1cc(-n2cc(C(=O)O)c(C)n2)cc([N+](=O)[O-])c1. The van der Waals surface area contributed by atoms with Crippen LogP contribution >= 0.6 is 0 Å². The van der Waals surface area contributed by atoms with Gasteiger partial charge in [-0.3, -0.25) is 10.1 Å². The summed E-state index contributed by atoms with van der Waals surface area (Å²) in [4.78, 5) is 21.4. The van der Waals surface area contributed by atoms with Crippen molar-refractivity contribution in [2.75, 3.05) is 6.61 Å². The van der Waals surface area contributed by atoms with Gasteiger partial charge in [-0.2, -0.15) is 5.10 Å². The molecule has 0 saturated heterocycles. The fraction of sp³-hybridized carbons (Fsp3) is 0.231. The molecule has 110 valence electrons. The second-order valence-electron chi connectivity index (χ2n) is 4.25. The van der Waals surface area contributed by atoms with E-state index in [-0.39, 0.29) is 11.3 Å². The Morgan fingerprint density at radius 1 is 1.48 bits per heavy atom. The van der Waals surface area contributed by atoms with Gasteiger partial charge in [0, 0.05) is 18.3 Å². The smallest absolute Gasteiger partial charge is 0.339 e. The number of carboxylic acids is 1. The minimum absolute atomic E-state index is 0.0412. The first kappa shape index (κ1) is 14.5. The monoisotopic (exact) mass is 291 g/mol. The molecule has 1 aromatic carbocycles. The minimum Gasteiger partial charge on any atom is -0.494 e. The average molecular weight is 291 g/mol. The quantitative estimate of drug-likeness (QED) is 0.668. The molecule has 0 unspecified atom stereocenters. The van der Waals surface area contributed by atoms with Crippen LogP contribution in [0.3, 0.4) is 0 Å². The minimum atomic E-state index is -1.10. The van der Waals surface area contributed by atoms with E-state index in [2.05, 4.69) is 5.10 Å². The van der Waals surface area contributed by atoms with E-state index in [4.69, 9.17) is 9.84 Å². The van der Waals surface area contributed by atoms with Crippen molar-refractivity contribution in [1.82, 2.24) is 9.78 Å². The Balaban J connectivity index is 2.54. The Hall–Kier alpha value is -2.90. The summed E-state index contributed by atoms with van der Waals surface area (Å²) >= 11 is 0. The summed E-state index contributed by atoms with van der Waals surface area (Å²) in [5, 5.41) is 24.0. The lowest BCUT2D eigenvalue weighted by Crippen LogP contribution is -2.00.